The summed E-state index contributed by atoms with van der Waals surface area (Å²) in [6, 6.07) is 4.44. The molecule has 0 bridgehead atoms. The Bertz CT molecular complexity index is 1500. The number of carbonyl (C=O) groups excluding carboxylic acids is 4. The van der Waals surface area contributed by atoms with Crippen molar-refractivity contribution in [3.63, 3.8) is 0 Å². The number of rotatable bonds is 8. The molecule has 0 aromatic carbocycles. The summed E-state index contributed by atoms with van der Waals surface area (Å²) in [7, 11) is 0. The summed E-state index contributed by atoms with van der Waals surface area (Å²) in [6.07, 6.45) is 13.9. The van der Waals surface area contributed by atoms with Gasteiger partial charge in [-0.25, -0.2) is 4.79 Å². The summed E-state index contributed by atoms with van der Waals surface area (Å²) in [6.45, 7) is 7.34. The van der Waals surface area contributed by atoms with Crippen molar-refractivity contribution in [2.24, 2.45) is 5.92 Å². The third-order valence-corrected chi connectivity index (χ3v) is 6.93. The maximum Gasteiger partial charge on any atom is 0.357 e. The van der Waals surface area contributed by atoms with Crippen molar-refractivity contribution in [2.75, 3.05) is 0 Å². The van der Waals surface area contributed by atoms with Crippen molar-refractivity contribution in [1.29, 1.82) is 0 Å². The van der Waals surface area contributed by atoms with E-state index in [1.165, 1.54) is 48.9 Å². The molecule has 0 fully saturated rings. The SMILES string of the molecule is CC[C@H](C)/C=C(C)/C=C/C1=CC2=C(Cl)C(=O)[C@](C)(OC(=O)c3ccn[nH]3)C(=O)C2=CN1NC(=O)c1ccncc1. The van der Waals surface area contributed by atoms with Gasteiger partial charge in [-0.15, -0.1) is 0 Å². The number of carbonyl (C=O) groups is 4. The zero-order valence-corrected chi connectivity index (χ0v) is 23.2. The minimum atomic E-state index is -2.23. The first-order valence-corrected chi connectivity index (χ1v) is 13.0. The normalized spacial score (nSPS) is 20.2. The van der Waals surface area contributed by atoms with E-state index in [1.54, 1.807) is 18.2 Å². The Morgan fingerprint density at radius 2 is 1.93 bits per heavy atom. The van der Waals surface area contributed by atoms with Crippen LogP contribution in [0.3, 0.4) is 0 Å². The van der Waals surface area contributed by atoms with E-state index in [0.29, 0.717) is 17.2 Å². The van der Waals surface area contributed by atoms with E-state index in [1.807, 2.05) is 13.0 Å². The van der Waals surface area contributed by atoms with Crippen molar-refractivity contribution in [1.82, 2.24) is 25.6 Å². The minimum Gasteiger partial charge on any atom is -0.438 e. The van der Waals surface area contributed by atoms with Crippen LogP contribution in [0, 0.1) is 5.92 Å². The quantitative estimate of drug-likeness (QED) is 0.276. The Morgan fingerprint density at radius 3 is 2.58 bits per heavy atom. The minimum absolute atomic E-state index is 0.0106. The molecule has 3 heterocycles. The zero-order chi connectivity index (χ0) is 29.0. The van der Waals surface area contributed by atoms with Crippen molar-refractivity contribution in [3.8, 4) is 0 Å². The number of allylic oxidation sites excluding steroid dienone is 6. The number of amides is 1. The predicted molar refractivity (Wildman–Crippen MR) is 147 cm³/mol. The van der Waals surface area contributed by atoms with Gasteiger partial charge in [0.2, 0.25) is 17.2 Å². The van der Waals surface area contributed by atoms with E-state index in [0.717, 1.165) is 12.0 Å². The lowest BCUT2D eigenvalue weighted by Gasteiger charge is -2.35. The summed E-state index contributed by atoms with van der Waals surface area (Å²) in [5.74, 6) is -2.69. The van der Waals surface area contributed by atoms with Crippen LogP contribution < -0.4 is 5.43 Å². The van der Waals surface area contributed by atoms with E-state index >= 15 is 0 Å². The standard InChI is InChI=1S/C29H28ClN5O5/c1-5-17(2)14-18(3)6-7-20-15-21-22(16-35(20)34-27(38)19-8-11-31-12-9-19)25(36)29(4,26(37)24(21)30)40-28(39)23-10-13-32-33-23/h6-17H,5H2,1-4H3,(H,32,33)(H,34,38)/b7-6+,18-14+/t17-,29+/m0/s1. The van der Waals surface area contributed by atoms with Crippen molar-refractivity contribution in [3.05, 3.63) is 106 Å². The second kappa shape index (κ2) is 11.7. The first-order valence-electron chi connectivity index (χ1n) is 12.6. The third-order valence-electron chi connectivity index (χ3n) is 6.56. The van der Waals surface area contributed by atoms with Crippen molar-refractivity contribution >= 4 is 35.0 Å². The Balaban J connectivity index is 1.75. The fourth-order valence-corrected chi connectivity index (χ4v) is 4.40. The van der Waals surface area contributed by atoms with Crippen LogP contribution in [0.4, 0.5) is 0 Å². The number of nitrogens with zero attached hydrogens (tertiary/aromatic N) is 3. The number of halogens is 1. The molecule has 0 saturated carbocycles. The molecular weight excluding hydrogens is 534 g/mol. The number of pyridine rings is 1. The van der Waals surface area contributed by atoms with E-state index < -0.39 is 29.0 Å². The molecule has 11 heteroatoms. The van der Waals surface area contributed by atoms with Gasteiger partial charge in [0.25, 0.3) is 5.91 Å². The molecule has 2 aromatic heterocycles. The molecule has 206 valence electrons. The van der Waals surface area contributed by atoms with Crippen LogP contribution in [0.5, 0.6) is 0 Å². The lowest BCUT2D eigenvalue weighted by Crippen LogP contribution is -2.52. The van der Waals surface area contributed by atoms with Gasteiger partial charge in [0.05, 0.1) is 10.7 Å². The number of hydrogen-bond acceptors (Lipinski definition) is 8. The maximum absolute atomic E-state index is 13.7. The van der Waals surface area contributed by atoms with Crippen LogP contribution >= 0.6 is 11.6 Å². The molecule has 0 radical (unpaired) electrons. The number of aromatic amines is 1. The number of ketones is 2. The molecule has 10 nitrogen and oxygen atoms in total. The monoisotopic (exact) mass is 561 g/mol. The highest BCUT2D eigenvalue weighted by Crippen LogP contribution is 2.39. The van der Waals surface area contributed by atoms with E-state index in [4.69, 9.17) is 16.3 Å². The first-order chi connectivity index (χ1) is 19.0. The van der Waals surface area contributed by atoms with Crippen molar-refractivity contribution < 1.29 is 23.9 Å². The molecule has 2 atom stereocenters. The number of H-pyrrole nitrogens is 1. The van der Waals surface area contributed by atoms with Gasteiger partial charge >= 0.3 is 5.97 Å². The second-order valence-electron chi connectivity index (χ2n) is 9.57. The zero-order valence-electron chi connectivity index (χ0n) is 22.4. The van der Waals surface area contributed by atoms with Gasteiger partial charge in [0.1, 0.15) is 5.69 Å². The highest BCUT2D eigenvalue weighted by Gasteiger charge is 2.53. The van der Waals surface area contributed by atoms with E-state index in [9.17, 15) is 19.2 Å². The average Bonchev–Trinajstić information content (AvgIpc) is 3.50. The largest absolute Gasteiger partial charge is 0.438 e. The summed E-state index contributed by atoms with van der Waals surface area (Å²) in [5.41, 5.74) is 2.40. The Hall–Kier alpha value is -4.57. The van der Waals surface area contributed by atoms with Crippen LogP contribution in [0.1, 0.15) is 55.0 Å². The number of fused-ring (bicyclic) bond motifs is 1. The summed E-state index contributed by atoms with van der Waals surface area (Å²) in [5, 5.41) is 7.22. The molecule has 2 aromatic rings. The van der Waals surface area contributed by atoms with Crippen LogP contribution in [-0.4, -0.2) is 49.2 Å². The molecular formula is C29H28ClN5O5. The average molecular weight is 562 g/mol. The van der Waals surface area contributed by atoms with Gasteiger partial charge in [0.15, 0.2) is 0 Å². The maximum atomic E-state index is 13.7. The Kier molecular flexibility index (Phi) is 8.29. The summed E-state index contributed by atoms with van der Waals surface area (Å²) < 4.78 is 5.38. The molecule has 1 aliphatic carbocycles. The fraction of sp³-hybridized carbons (Fsp3) is 0.241. The number of ether oxygens (including phenoxy) is 1. The Morgan fingerprint density at radius 1 is 1.20 bits per heavy atom. The topological polar surface area (TPSA) is 134 Å². The van der Waals surface area contributed by atoms with Gasteiger partial charge in [-0.05, 0) is 50.1 Å². The number of aromatic nitrogens is 3. The highest BCUT2D eigenvalue weighted by molar-refractivity contribution is 6.49. The smallest absolute Gasteiger partial charge is 0.357 e. The van der Waals surface area contributed by atoms with Crippen LogP contribution in [0.2, 0.25) is 0 Å². The van der Waals surface area contributed by atoms with Gasteiger partial charge in [-0.1, -0.05) is 49.6 Å². The third kappa shape index (κ3) is 5.72. The number of hydrazine groups is 1. The number of nitrogens with one attached hydrogen (secondary N) is 2. The molecule has 1 amide bonds. The first kappa shape index (κ1) is 28.4. The lowest BCUT2D eigenvalue weighted by atomic mass is 9.79. The molecule has 2 aliphatic rings. The van der Waals surface area contributed by atoms with Crippen LogP contribution in [-0.2, 0) is 14.3 Å². The van der Waals surface area contributed by atoms with Crippen LogP contribution in [0.25, 0.3) is 0 Å². The van der Waals surface area contributed by atoms with Gasteiger partial charge in [-0.3, -0.25) is 34.9 Å². The van der Waals surface area contributed by atoms with Gasteiger partial charge in [0, 0.05) is 41.5 Å². The number of Topliss-reactive ketones (excluding diaryl/α,β-unsaturated/α-hetero) is 2. The Labute approximate surface area is 236 Å². The number of esters is 1. The molecule has 0 saturated heterocycles. The lowest BCUT2D eigenvalue weighted by molar-refractivity contribution is -0.145. The molecule has 40 heavy (non-hydrogen) atoms. The second-order valence-corrected chi connectivity index (χ2v) is 9.95. The molecule has 4 rings (SSSR count). The predicted octanol–water partition coefficient (Wildman–Crippen LogP) is 4.34. The van der Waals surface area contributed by atoms with Gasteiger partial charge in [-0.2, -0.15) is 5.10 Å². The van der Waals surface area contributed by atoms with Crippen LogP contribution in [0.15, 0.2) is 94.7 Å². The molecule has 2 N–H and O–H groups in total. The number of hydrogen-bond donors (Lipinski definition) is 2. The molecule has 1 aliphatic heterocycles. The molecule has 0 unspecified atom stereocenters. The highest BCUT2D eigenvalue weighted by atomic mass is 35.5. The summed E-state index contributed by atoms with van der Waals surface area (Å²) in [4.78, 5) is 56.6. The molecule has 0 spiro atoms. The van der Waals surface area contributed by atoms with E-state index in [2.05, 4.69) is 40.5 Å². The summed E-state index contributed by atoms with van der Waals surface area (Å²) >= 11 is 6.50. The van der Waals surface area contributed by atoms with Crippen molar-refractivity contribution in [2.45, 2.75) is 39.7 Å². The van der Waals surface area contributed by atoms with E-state index in [-0.39, 0.29) is 21.9 Å². The van der Waals surface area contributed by atoms with Gasteiger partial charge < -0.3 is 4.74 Å². The fourth-order valence-electron chi connectivity index (χ4n) is 4.07.